The lowest BCUT2D eigenvalue weighted by Gasteiger charge is -2.26. The van der Waals surface area contributed by atoms with Crippen LogP contribution < -0.4 is 5.32 Å². The van der Waals surface area contributed by atoms with Crippen LogP contribution in [0.5, 0.6) is 0 Å². The first-order valence-corrected chi connectivity index (χ1v) is 7.53. The van der Waals surface area contributed by atoms with Crippen molar-refractivity contribution in [3.63, 3.8) is 0 Å². The summed E-state index contributed by atoms with van der Waals surface area (Å²) in [7, 11) is -3.65. The maximum Gasteiger partial charge on any atom is 0.416 e. The Kier molecular flexibility index (Phi) is 3.81. The number of nitrogens with one attached hydrogen (secondary N) is 1. The highest BCUT2D eigenvalue weighted by Gasteiger charge is 2.33. The van der Waals surface area contributed by atoms with Gasteiger partial charge in [-0.3, -0.25) is 0 Å². The van der Waals surface area contributed by atoms with Crippen LogP contribution in [0, 0.1) is 5.92 Å². The number of hydrogen-bond donors (Lipinski definition) is 1. The SMILES string of the molecule is O=S(=O)(CC1CNC1)c1ccc(C(F)(F)F)cc1Cl. The van der Waals surface area contributed by atoms with Crippen molar-refractivity contribution in [1.29, 1.82) is 0 Å². The third-order valence-corrected chi connectivity index (χ3v) is 5.28. The first kappa shape index (κ1) is 14.6. The average molecular weight is 314 g/mol. The van der Waals surface area contributed by atoms with Gasteiger partial charge in [-0.25, -0.2) is 8.42 Å². The molecule has 0 spiro atoms. The molecule has 0 aliphatic carbocycles. The smallest absolute Gasteiger partial charge is 0.316 e. The molecule has 1 aromatic rings. The van der Waals surface area contributed by atoms with Crippen molar-refractivity contribution in [2.75, 3.05) is 18.8 Å². The van der Waals surface area contributed by atoms with Crippen LogP contribution in [-0.4, -0.2) is 27.3 Å². The number of sulfone groups is 1. The molecule has 19 heavy (non-hydrogen) atoms. The summed E-state index contributed by atoms with van der Waals surface area (Å²) in [5, 5.41) is 2.55. The summed E-state index contributed by atoms with van der Waals surface area (Å²) in [5.74, 6) is -0.117. The molecular formula is C11H11ClF3NO2S. The predicted molar refractivity (Wildman–Crippen MR) is 64.9 cm³/mol. The van der Waals surface area contributed by atoms with E-state index < -0.39 is 21.6 Å². The van der Waals surface area contributed by atoms with Gasteiger partial charge < -0.3 is 5.32 Å². The van der Waals surface area contributed by atoms with Gasteiger partial charge in [0.05, 0.1) is 21.2 Å². The van der Waals surface area contributed by atoms with E-state index in [0.29, 0.717) is 19.2 Å². The van der Waals surface area contributed by atoms with Crippen molar-refractivity contribution >= 4 is 21.4 Å². The summed E-state index contributed by atoms with van der Waals surface area (Å²) < 4.78 is 61.4. The van der Waals surface area contributed by atoms with Crippen LogP contribution in [-0.2, 0) is 16.0 Å². The number of benzene rings is 1. The molecule has 0 radical (unpaired) electrons. The van der Waals surface area contributed by atoms with Gasteiger partial charge in [0.25, 0.3) is 0 Å². The van der Waals surface area contributed by atoms with Crippen LogP contribution in [0.25, 0.3) is 0 Å². The van der Waals surface area contributed by atoms with Crippen LogP contribution in [0.3, 0.4) is 0 Å². The Morgan fingerprint density at radius 2 is 1.95 bits per heavy atom. The second kappa shape index (κ2) is 4.96. The maximum absolute atomic E-state index is 12.5. The lowest BCUT2D eigenvalue weighted by atomic mass is 10.1. The number of halogens is 4. The van der Waals surface area contributed by atoms with Crippen LogP contribution in [0.15, 0.2) is 23.1 Å². The normalized spacial score (nSPS) is 17.3. The van der Waals surface area contributed by atoms with Gasteiger partial charge in [-0.05, 0) is 24.1 Å². The Labute approximate surface area is 113 Å². The molecule has 0 saturated carbocycles. The molecule has 2 rings (SSSR count). The zero-order valence-electron chi connectivity index (χ0n) is 9.67. The highest BCUT2D eigenvalue weighted by molar-refractivity contribution is 7.91. The summed E-state index contributed by atoms with van der Waals surface area (Å²) in [6.45, 7) is 1.19. The molecule has 106 valence electrons. The van der Waals surface area contributed by atoms with Gasteiger partial charge in [-0.15, -0.1) is 0 Å². The van der Waals surface area contributed by atoms with Crippen LogP contribution in [0.4, 0.5) is 13.2 Å². The molecule has 1 fully saturated rings. The number of hydrogen-bond acceptors (Lipinski definition) is 3. The average Bonchev–Trinajstić information content (AvgIpc) is 2.22. The van der Waals surface area contributed by atoms with E-state index in [4.69, 9.17) is 11.6 Å². The predicted octanol–water partition coefficient (Wildman–Crippen LogP) is 2.35. The summed E-state index contributed by atoms with van der Waals surface area (Å²) in [5.41, 5.74) is -0.957. The largest absolute Gasteiger partial charge is 0.416 e. The molecule has 1 N–H and O–H groups in total. The molecule has 0 aromatic heterocycles. The van der Waals surface area contributed by atoms with Gasteiger partial charge in [0.15, 0.2) is 9.84 Å². The Balaban J connectivity index is 2.30. The van der Waals surface area contributed by atoms with Crippen molar-refractivity contribution in [2.45, 2.75) is 11.1 Å². The number of rotatable bonds is 3. The molecule has 8 heteroatoms. The Bertz CT molecular complexity index is 582. The second-order valence-corrected chi connectivity index (χ2v) is 6.86. The van der Waals surface area contributed by atoms with E-state index in [-0.39, 0.29) is 21.6 Å². The molecule has 0 amide bonds. The summed E-state index contributed by atoms with van der Waals surface area (Å²) in [6, 6.07) is 2.30. The van der Waals surface area contributed by atoms with Gasteiger partial charge in [-0.1, -0.05) is 11.6 Å². The highest BCUT2D eigenvalue weighted by atomic mass is 35.5. The van der Waals surface area contributed by atoms with E-state index in [1.54, 1.807) is 0 Å². The van der Waals surface area contributed by atoms with E-state index in [2.05, 4.69) is 5.32 Å². The first-order valence-electron chi connectivity index (χ1n) is 5.50. The van der Waals surface area contributed by atoms with Crippen LogP contribution in [0.1, 0.15) is 5.56 Å². The van der Waals surface area contributed by atoms with Crippen molar-refractivity contribution in [1.82, 2.24) is 5.32 Å². The Morgan fingerprint density at radius 1 is 1.32 bits per heavy atom. The molecule has 1 aliphatic rings. The lowest BCUT2D eigenvalue weighted by molar-refractivity contribution is -0.137. The van der Waals surface area contributed by atoms with Gasteiger partial charge in [0.1, 0.15) is 0 Å². The molecule has 1 saturated heterocycles. The Hall–Kier alpha value is -0.790. The zero-order valence-corrected chi connectivity index (χ0v) is 11.2. The third kappa shape index (κ3) is 3.21. The first-order chi connectivity index (χ1) is 8.70. The van der Waals surface area contributed by atoms with Gasteiger partial charge in [-0.2, -0.15) is 13.2 Å². The van der Waals surface area contributed by atoms with Crippen LogP contribution >= 0.6 is 11.6 Å². The number of alkyl halides is 3. The molecule has 3 nitrogen and oxygen atoms in total. The van der Waals surface area contributed by atoms with Crippen molar-refractivity contribution < 1.29 is 21.6 Å². The molecule has 0 unspecified atom stereocenters. The van der Waals surface area contributed by atoms with Gasteiger partial charge in [0.2, 0.25) is 0 Å². The molecule has 0 bridgehead atoms. The Morgan fingerprint density at radius 3 is 2.37 bits per heavy atom. The summed E-state index contributed by atoms with van der Waals surface area (Å²) in [6.07, 6.45) is -4.54. The molecule has 1 heterocycles. The zero-order chi connectivity index (χ0) is 14.3. The second-order valence-electron chi connectivity index (χ2n) is 4.45. The minimum absolute atomic E-state index is 0.0108. The topological polar surface area (TPSA) is 46.2 Å². The van der Waals surface area contributed by atoms with Crippen LogP contribution in [0.2, 0.25) is 5.02 Å². The fourth-order valence-corrected chi connectivity index (χ4v) is 4.00. The molecule has 0 atom stereocenters. The molecule has 1 aromatic carbocycles. The van der Waals surface area contributed by atoms with Gasteiger partial charge >= 0.3 is 6.18 Å². The lowest BCUT2D eigenvalue weighted by Crippen LogP contribution is -2.45. The minimum Gasteiger partial charge on any atom is -0.316 e. The summed E-state index contributed by atoms with van der Waals surface area (Å²) >= 11 is 5.67. The van der Waals surface area contributed by atoms with Crippen molar-refractivity contribution in [3.8, 4) is 0 Å². The minimum atomic E-state index is -4.54. The maximum atomic E-state index is 12.5. The fourth-order valence-electron chi connectivity index (χ4n) is 1.80. The monoisotopic (exact) mass is 313 g/mol. The summed E-state index contributed by atoms with van der Waals surface area (Å²) in [4.78, 5) is -0.242. The van der Waals surface area contributed by atoms with Crippen molar-refractivity contribution in [3.05, 3.63) is 28.8 Å². The highest BCUT2D eigenvalue weighted by Crippen LogP contribution is 2.34. The molecular weight excluding hydrogens is 303 g/mol. The van der Waals surface area contributed by atoms with Crippen molar-refractivity contribution in [2.24, 2.45) is 5.92 Å². The van der Waals surface area contributed by atoms with Gasteiger partial charge in [0, 0.05) is 13.1 Å². The van der Waals surface area contributed by atoms with E-state index in [1.807, 2.05) is 0 Å². The fraction of sp³-hybridized carbons (Fsp3) is 0.455. The van der Waals surface area contributed by atoms with E-state index in [0.717, 1.165) is 12.1 Å². The standard InChI is InChI=1S/C11H11ClF3NO2S/c12-9-3-8(11(13,14)15)1-2-10(9)19(17,18)6-7-4-16-5-7/h1-3,7,16H,4-6H2. The quantitative estimate of drug-likeness (QED) is 0.932. The third-order valence-electron chi connectivity index (χ3n) is 2.92. The van der Waals surface area contributed by atoms with E-state index in [9.17, 15) is 21.6 Å². The molecule has 1 aliphatic heterocycles. The van der Waals surface area contributed by atoms with E-state index in [1.165, 1.54) is 0 Å². The van der Waals surface area contributed by atoms with E-state index >= 15 is 0 Å².